The first kappa shape index (κ1) is 14.0. The van der Waals surface area contributed by atoms with E-state index in [0.29, 0.717) is 12.5 Å². The third-order valence-corrected chi connectivity index (χ3v) is 5.51. The van der Waals surface area contributed by atoms with Gasteiger partial charge in [-0.15, -0.1) is 6.58 Å². The quantitative estimate of drug-likeness (QED) is 0.651. The SMILES string of the molecule is C=CCOC1c2cccc3cccc(c23)C1C1CCCCC1. The topological polar surface area (TPSA) is 9.23 Å². The highest BCUT2D eigenvalue weighted by atomic mass is 16.5. The molecule has 0 amide bonds. The standard InChI is InChI=1S/C21H24O/c1-2-14-22-21-18-13-7-11-15-10-6-12-17(19(15)18)20(21)16-8-4-3-5-9-16/h2,6-7,10-13,16,20-21H,1,3-5,8-9,14H2. The molecule has 1 heteroatoms. The minimum absolute atomic E-state index is 0.210. The lowest BCUT2D eigenvalue weighted by molar-refractivity contribution is 0.0347. The Morgan fingerprint density at radius 1 is 1.00 bits per heavy atom. The van der Waals surface area contributed by atoms with Crippen LogP contribution in [-0.4, -0.2) is 6.61 Å². The zero-order valence-electron chi connectivity index (χ0n) is 13.1. The largest absolute Gasteiger partial charge is 0.369 e. The Balaban J connectivity index is 1.81. The maximum Gasteiger partial charge on any atom is 0.0906 e. The smallest absolute Gasteiger partial charge is 0.0906 e. The Morgan fingerprint density at radius 3 is 2.45 bits per heavy atom. The maximum atomic E-state index is 6.27. The fourth-order valence-electron chi connectivity index (χ4n) is 4.63. The molecule has 0 saturated heterocycles. The molecule has 2 atom stereocenters. The van der Waals surface area contributed by atoms with E-state index in [1.54, 1.807) is 0 Å². The van der Waals surface area contributed by atoms with E-state index in [1.165, 1.54) is 54.0 Å². The van der Waals surface area contributed by atoms with Crippen LogP contribution in [-0.2, 0) is 4.74 Å². The average Bonchev–Trinajstić information content (AvgIpc) is 2.90. The van der Waals surface area contributed by atoms with Crippen LogP contribution in [0.3, 0.4) is 0 Å². The molecule has 1 fully saturated rings. The van der Waals surface area contributed by atoms with E-state index < -0.39 is 0 Å². The summed E-state index contributed by atoms with van der Waals surface area (Å²) in [6, 6.07) is 13.5. The van der Waals surface area contributed by atoms with Crippen molar-refractivity contribution in [3.8, 4) is 0 Å². The van der Waals surface area contributed by atoms with Gasteiger partial charge in [0.1, 0.15) is 0 Å². The van der Waals surface area contributed by atoms with Crippen LogP contribution in [0.4, 0.5) is 0 Å². The second-order valence-corrected chi connectivity index (χ2v) is 6.76. The molecule has 2 unspecified atom stereocenters. The van der Waals surface area contributed by atoms with E-state index in [1.807, 2.05) is 6.08 Å². The van der Waals surface area contributed by atoms with Crippen molar-refractivity contribution in [2.75, 3.05) is 6.61 Å². The van der Waals surface area contributed by atoms with Crippen LogP contribution < -0.4 is 0 Å². The zero-order valence-corrected chi connectivity index (χ0v) is 13.1. The van der Waals surface area contributed by atoms with Crippen LogP contribution >= 0.6 is 0 Å². The van der Waals surface area contributed by atoms with Gasteiger partial charge in [-0.3, -0.25) is 0 Å². The van der Waals surface area contributed by atoms with Crippen molar-refractivity contribution in [2.24, 2.45) is 5.92 Å². The third kappa shape index (κ3) is 2.19. The van der Waals surface area contributed by atoms with Crippen molar-refractivity contribution in [3.05, 3.63) is 60.2 Å². The third-order valence-electron chi connectivity index (χ3n) is 5.51. The Kier molecular flexibility index (Phi) is 3.75. The van der Waals surface area contributed by atoms with Crippen LogP contribution in [0.2, 0.25) is 0 Å². The predicted octanol–water partition coefficient (Wildman–Crippen LogP) is 5.76. The molecule has 1 nitrogen and oxygen atoms in total. The van der Waals surface area contributed by atoms with Crippen molar-refractivity contribution >= 4 is 10.8 Å². The summed E-state index contributed by atoms with van der Waals surface area (Å²) in [6.45, 7) is 4.47. The van der Waals surface area contributed by atoms with Gasteiger partial charge < -0.3 is 4.74 Å². The minimum atomic E-state index is 0.210. The lowest BCUT2D eigenvalue weighted by atomic mass is 9.76. The van der Waals surface area contributed by atoms with E-state index in [2.05, 4.69) is 43.0 Å². The van der Waals surface area contributed by atoms with Crippen LogP contribution in [0.25, 0.3) is 10.8 Å². The Hall–Kier alpha value is -1.60. The van der Waals surface area contributed by atoms with Gasteiger partial charge in [-0.05, 0) is 40.7 Å². The van der Waals surface area contributed by atoms with Crippen LogP contribution in [0.5, 0.6) is 0 Å². The molecule has 0 aliphatic heterocycles. The summed E-state index contributed by atoms with van der Waals surface area (Å²) in [4.78, 5) is 0. The first-order chi connectivity index (χ1) is 10.9. The lowest BCUT2D eigenvalue weighted by Gasteiger charge is -2.32. The van der Waals surface area contributed by atoms with Crippen molar-refractivity contribution < 1.29 is 4.74 Å². The second-order valence-electron chi connectivity index (χ2n) is 6.76. The Labute approximate surface area is 133 Å². The van der Waals surface area contributed by atoms with Crippen molar-refractivity contribution in [1.29, 1.82) is 0 Å². The highest BCUT2D eigenvalue weighted by molar-refractivity contribution is 5.92. The summed E-state index contributed by atoms with van der Waals surface area (Å²) in [5, 5.41) is 2.81. The molecule has 114 valence electrons. The molecule has 0 heterocycles. The molecule has 0 N–H and O–H groups in total. The number of hydrogen-bond donors (Lipinski definition) is 0. The number of hydrogen-bond acceptors (Lipinski definition) is 1. The fraction of sp³-hybridized carbons (Fsp3) is 0.429. The van der Waals surface area contributed by atoms with Crippen LogP contribution in [0.1, 0.15) is 55.3 Å². The number of ether oxygens (including phenoxy) is 1. The summed E-state index contributed by atoms with van der Waals surface area (Å²) in [5.41, 5.74) is 2.92. The molecular formula is C21H24O. The van der Waals surface area contributed by atoms with Gasteiger partial charge in [0.2, 0.25) is 0 Å². The molecule has 2 aliphatic carbocycles. The maximum absolute atomic E-state index is 6.27. The lowest BCUT2D eigenvalue weighted by Crippen LogP contribution is -2.21. The summed E-state index contributed by atoms with van der Waals surface area (Å²) in [7, 11) is 0. The molecular weight excluding hydrogens is 268 g/mol. The highest BCUT2D eigenvalue weighted by Crippen LogP contribution is 2.53. The van der Waals surface area contributed by atoms with E-state index in [9.17, 15) is 0 Å². The molecule has 22 heavy (non-hydrogen) atoms. The summed E-state index contributed by atoms with van der Waals surface area (Å²) < 4.78 is 6.27. The molecule has 1 saturated carbocycles. The molecule has 0 radical (unpaired) electrons. The van der Waals surface area contributed by atoms with E-state index in [0.717, 1.165) is 5.92 Å². The Bertz CT molecular complexity index is 676. The number of benzene rings is 2. The minimum Gasteiger partial charge on any atom is -0.369 e. The molecule has 2 aromatic carbocycles. The van der Waals surface area contributed by atoms with Gasteiger partial charge in [0.25, 0.3) is 0 Å². The van der Waals surface area contributed by atoms with Crippen LogP contribution in [0, 0.1) is 5.92 Å². The van der Waals surface area contributed by atoms with Gasteiger partial charge in [-0.25, -0.2) is 0 Å². The highest BCUT2D eigenvalue weighted by Gasteiger charge is 2.39. The molecule has 2 aliphatic rings. The van der Waals surface area contributed by atoms with E-state index in [4.69, 9.17) is 4.74 Å². The molecule has 0 spiro atoms. The average molecular weight is 292 g/mol. The first-order valence-electron chi connectivity index (χ1n) is 8.64. The van der Waals surface area contributed by atoms with Gasteiger partial charge in [-0.2, -0.15) is 0 Å². The van der Waals surface area contributed by atoms with Crippen molar-refractivity contribution in [2.45, 2.75) is 44.1 Å². The summed E-state index contributed by atoms with van der Waals surface area (Å²) in [6.07, 6.45) is 8.94. The molecule has 0 bridgehead atoms. The fourth-order valence-corrected chi connectivity index (χ4v) is 4.63. The van der Waals surface area contributed by atoms with Gasteiger partial charge in [0.15, 0.2) is 0 Å². The van der Waals surface area contributed by atoms with E-state index in [-0.39, 0.29) is 6.10 Å². The second kappa shape index (κ2) is 5.89. The predicted molar refractivity (Wildman–Crippen MR) is 92.2 cm³/mol. The van der Waals surface area contributed by atoms with Crippen molar-refractivity contribution in [1.82, 2.24) is 0 Å². The normalized spacial score (nSPS) is 24.7. The van der Waals surface area contributed by atoms with Gasteiger partial charge in [0, 0.05) is 5.92 Å². The number of rotatable bonds is 4. The van der Waals surface area contributed by atoms with Gasteiger partial charge in [0.05, 0.1) is 12.7 Å². The zero-order chi connectivity index (χ0) is 14.9. The van der Waals surface area contributed by atoms with Gasteiger partial charge in [-0.1, -0.05) is 61.7 Å². The first-order valence-corrected chi connectivity index (χ1v) is 8.64. The molecule has 4 rings (SSSR count). The monoisotopic (exact) mass is 292 g/mol. The summed E-state index contributed by atoms with van der Waals surface area (Å²) >= 11 is 0. The van der Waals surface area contributed by atoms with Crippen LogP contribution in [0.15, 0.2) is 49.1 Å². The summed E-state index contributed by atoms with van der Waals surface area (Å²) in [5.74, 6) is 1.29. The molecule has 0 aromatic heterocycles. The van der Waals surface area contributed by atoms with Gasteiger partial charge >= 0.3 is 0 Å². The Morgan fingerprint density at radius 2 is 1.73 bits per heavy atom. The molecule has 2 aromatic rings. The van der Waals surface area contributed by atoms with Crippen molar-refractivity contribution in [3.63, 3.8) is 0 Å². The van der Waals surface area contributed by atoms with E-state index >= 15 is 0 Å².